The van der Waals surface area contributed by atoms with Gasteiger partial charge in [0.15, 0.2) is 35.6 Å². The first-order valence-corrected chi connectivity index (χ1v) is 15.4. The van der Waals surface area contributed by atoms with Crippen molar-refractivity contribution >= 4 is 17.3 Å². The monoisotopic (exact) mass is 659 g/mol. The Morgan fingerprint density at radius 3 is 2.43 bits per heavy atom. The van der Waals surface area contributed by atoms with Crippen molar-refractivity contribution in [3.63, 3.8) is 0 Å². The maximum atomic E-state index is 13.7. The SMILES string of the molecule is [2H]C1([2H])OC(=O)[C@H]2[C@H]1[C@H](O[C@@H]1O[C@@H]3CO[C@@H](c4cccs4)O[C@H]3[C@H](O)[C@H]1O)c1cc3c(cc1[C@@]2([2H])c1cc(OC)c(O)c(OC)c1)OCO3. The van der Waals surface area contributed by atoms with Gasteiger partial charge in [-0.3, -0.25) is 4.79 Å². The van der Waals surface area contributed by atoms with Crippen LogP contribution in [0.25, 0.3) is 0 Å². The lowest BCUT2D eigenvalue weighted by Gasteiger charge is -2.48. The fourth-order valence-electron chi connectivity index (χ4n) is 6.67. The average Bonchev–Trinajstić information content (AvgIpc) is 3.84. The van der Waals surface area contributed by atoms with Gasteiger partial charge in [0.05, 0.1) is 47.0 Å². The molecule has 0 saturated carbocycles. The molecule has 1 aromatic heterocycles. The maximum Gasteiger partial charge on any atom is 0.310 e. The first kappa shape index (κ1) is 26.4. The number of ether oxygens (including phenoxy) is 9. The van der Waals surface area contributed by atoms with E-state index in [1.54, 1.807) is 0 Å². The van der Waals surface area contributed by atoms with Crippen LogP contribution in [0.3, 0.4) is 0 Å². The molecule has 46 heavy (non-hydrogen) atoms. The second-order valence-electron chi connectivity index (χ2n) is 11.3. The zero-order valence-corrected chi connectivity index (χ0v) is 25.3. The first-order valence-electron chi connectivity index (χ1n) is 16.1. The smallest absolute Gasteiger partial charge is 0.310 e. The molecule has 13 nitrogen and oxygen atoms in total. The lowest BCUT2D eigenvalue weighted by atomic mass is 9.66. The van der Waals surface area contributed by atoms with Crippen LogP contribution in [-0.4, -0.2) is 86.2 Å². The normalized spacial score (nSPS) is 38.0. The van der Waals surface area contributed by atoms with Crippen molar-refractivity contribution in [1.82, 2.24) is 0 Å². The van der Waals surface area contributed by atoms with Crippen LogP contribution in [0.2, 0.25) is 0 Å². The fraction of sp³-hybridized carbons (Fsp3) is 0.469. The summed E-state index contributed by atoms with van der Waals surface area (Å²) in [6, 6.07) is 9.45. The summed E-state index contributed by atoms with van der Waals surface area (Å²) in [5.41, 5.74) is 0.500. The summed E-state index contributed by atoms with van der Waals surface area (Å²) in [4.78, 5) is 14.5. The van der Waals surface area contributed by atoms with Crippen molar-refractivity contribution in [3.8, 4) is 28.7 Å². The molecule has 5 heterocycles. The number of fused-ring (bicyclic) bond motifs is 4. The molecular weight excluding hydrogens is 624 g/mol. The minimum atomic E-state index is -2.68. The van der Waals surface area contributed by atoms with Gasteiger partial charge >= 0.3 is 5.97 Å². The van der Waals surface area contributed by atoms with Gasteiger partial charge in [-0.1, -0.05) is 6.07 Å². The quantitative estimate of drug-likeness (QED) is 0.332. The Hall–Kier alpha value is -3.63. The highest BCUT2D eigenvalue weighted by atomic mass is 32.1. The molecule has 3 aromatic rings. The summed E-state index contributed by atoms with van der Waals surface area (Å²) in [5, 5.41) is 35.1. The summed E-state index contributed by atoms with van der Waals surface area (Å²) >= 11 is 1.41. The molecule has 4 aliphatic heterocycles. The minimum Gasteiger partial charge on any atom is -0.502 e. The molecule has 2 aromatic carbocycles. The molecule has 1 aliphatic carbocycles. The van der Waals surface area contributed by atoms with E-state index < -0.39 is 73.4 Å². The Morgan fingerprint density at radius 1 is 1.00 bits per heavy atom. The number of phenolic OH excluding ortho intramolecular Hbond substituents is 1. The van der Waals surface area contributed by atoms with E-state index in [0.29, 0.717) is 0 Å². The Balaban J connectivity index is 1.22. The van der Waals surface area contributed by atoms with Gasteiger partial charge in [0.2, 0.25) is 12.5 Å². The molecule has 8 rings (SSSR count). The molecule has 0 bridgehead atoms. The number of esters is 1. The molecule has 0 spiro atoms. The summed E-state index contributed by atoms with van der Waals surface area (Å²) in [6.07, 6.45) is -8.71. The van der Waals surface area contributed by atoms with Crippen molar-refractivity contribution < 1.29 is 66.9 Å². The predicted octanol–water partition coefficient (Wildman–Crippen LogP) is 2.75. The van der Waals surface area contributed by atoms with Gasteiger partial charge in [0, 0.05) is 13.2 Å². The van der Waals surface area contributed by atoms with Gasteiger partial charge in [-0.05, 0) is 52.4 Å². The average molecular weight is 660 g/mol. The molecule has 14 heteroatoms. The Kier molecular flexibility index (Phi) is 6.64. The largest absolute Gasteiger partial charge is 0.502 e. The van der Waals surface area contributed by atoms with Crippen LogP contribution >= 0.6 is 11.3 Å². The first-order chi connectivity index (χ1) is 23.5. The minimum absolute atomic E-state index is 0.00829. The molecule has 0 radical (unpaired) electrons. The summed E-state index contributed by atoms with van der Waals surface area (Å²) in [7, 11) is 2.63. The highest BCUT2D eigenvalue weighted by Crippen LogP contribution is 2.57. The summed E-state index contributed by atoms with van der Waals surface area (Å²) in [5.74, 6) is -6.04. The molecule has 3 saturated heterocycles. The number of thiophene rings is 1. The highest BCUT2D eigenvalue weighted by Gasteiger charge is 2.56. The van der Waals surface area contributed by atoms with Crippen LogP contribution in [0.1, 0.15) is 44.0 Å². The molecule has 3 fully saturated rings. The number of phenols is 1. The Morgan fingerprint density at radius 2 is 1.74 bits per heavy atom. The molecular formula is C32H32O13S. The summed E-state index contributed by atoms with van der Waals surface area (Å²) < 4.78 is 79.5. The van der Waals surface area contributed by atoms with E-state index in [-0.39, 0.29) is 58.8 Å². The van der Waals surface area contributed by atoms with Gasteiger partial charge in [-0.2, -0.15) is 0 Å². The summed E-state index contributed by atoms with van der Waals surface area (Å²) in [6.45, 7) is -2.81. The van der Waals surface area contributed by atoms with Crippen molar-refractivity contribution in [3.05, 3.63) is 63.3 Å². The van der Waals surface area contributed by atoms with E-state index in [2.05, 4.69) is 0 Å². The second-order valence-corrected chi connectivity index (χ2v) is 12.3. The third kappa shape index (κ3) is 4.70. The fourth-order valence-corrected chi connectivity index (χ4v) is 7.38. The lowest BCUT2D eigenvalue weighted by Crippen LogP contribution is -2.62. The Labute approximate surface area is 271 Å². The molecule has 0 unspecified atom stereocenters. The number of aliphatic hydroxyl groups is 2. The molecule has 0 amide bonds. The maximum absolute atomic E-state index is 13.7. The molecule has 5 aliphatic rings. The zero-order chi connectivity index (χ0) is 34.4. The second kappa shape index (κ2) is 11.6. The van der Waals surface area contributed by atoms with Gasteiger partial charge in [0.25, 0.3) is 0 Å². The number of aliphatic hydroxyl groups excluding tert-OH is 2. The number of hydrogen-bond donors (Lipinski definition) is 3. The molecule has 244 valence electrons. The molecule has 3 N–H and O–H groups in total. The number of aromatic hydroxyl groups is 1. The van der Waals surface area contributed by atoms with E-state index in [0.717, 1.165) is 4.88 Å². The van der Waals surface area contributed by atoms with Crippen molar-refractivity contribution in [2.45, 2.75) is 49.0 Å². The van der Waals surface area contributed by atoms with Crippen molar-refractivity contribution in [2.24, 2.45) is 11.8 Å². The standard InChI is InChI=1S/C32H32O13S/c1-37-19-6-13(7-20(38-2)25(19)33)23-14-8-17-18(42-12-41-17)9-15(14)28(16-10-39-30(36)24(16)23)44-32-27(35)26(34)29-21(43-32)11-40-31(45-29)22-4-3-5-46-22/h3-9,16,21,23-24,26-29,31-35H,10-12H2,1-2H3/t16-,21+,23+,24-,26+,27+,28+,29+,31+,32-/m0/s1/i10D2,23D. The number of rotatable bonds is 6. The Bertz CT molecular complexity index is 1750. The highest BCUT2D eigenvalue weighted by molar-refractivity contribution is 7.10. The topological polar surface area (TPSA) is 161 Å². The van der Waals surface area contributed by atoms with E-state index in [4.69, 9.17) is 45.4 Å². The van der Waals surface area contributed by atoms with E-state index in [1.165, 1.54) is 49.8 Å². The van der Waals surface area contributed by atoms with Gasteiger partial charge in [-0.25, -0.2) is 0 Å². The third-order valence-corrected chi connectivity index (χ3v) is 9.76. The van der Waals surface area contributed by atoms with E-state index >= 15 is 0 Å². The van der Waals surface area contributed by atoms with Crippen LogP contribution < -0.4 is 18.9 Å². The third-order valence-electron chi connectivity index (χ3n) is 8.87. The predicted molar refractivity (Wildman–Crippen MR) is 156 cm³/mol. The van der Waals surface area contributed by atoms with Crippen LogP contribution in [0.5, 0.6) is 28.7 Å². The van der Waals surface area contributed by atoms with Crippen LogP contribution in [-0.2, 0) is 28.5 Å². The lowest BCUT2D eigenvalue weighted by molar-refractivity contribution is -0.368. The van der Waals surface area contributed by atoms with Crippen molar-refractivity contribution in [2.75, 3.05) is 34.2 Å². The van der Waals surface area contributed by atoms with Crippen LogP contribution in [0, 0.1) is 11.8 Å². The zero-order valence-electron chi connectivity index (χ0n) is 27.5. The number of benzene rings is 2. The van der Waals surface area contributed by atoms with Crippen LogP contribution in [0.15, 0.2) is 41.8 Å². The number of carbonyl (C=O) groups is 1. The van der Waals surface area contributed by atoms with Crippen LogP contribution in [0.4, 0.5) is 0 Å². The van der Waals surface area contributed by atoms with Gasteiger partial charge < -0.3 is 58.0 Å². The number of hydrogen-bond acceptors (Lipinski definition) is 14. The van der Waals surface area contributed by atoms with Gasteiger partial charge in [0.1, 0.15) is 24.4 Å². The molecule has 10 atom stereocenters. The van der Waals surface area contributed by atoms with E-state index in [9.17, 15) is 21.5 Å². The van der Waals surface area contributed by atoms with Crippen molar-refractivity contribution in [1.29, 1.82) is 0 Å². The number of carbonyl (C=O) groups excluding carboxylic acids is 1. The van der Waals surface area contributed by atoms with Gasteiger partial charge in [-0.15, -0.1) is 11.3 Å². The number of methoxy groups -OCH3 is 2. The van der Waals surface area contributed by atoms with E-state index in [1.807, 2.05) is 17.5 Å². The number of cyclic esters (lactones) is 1.